The quantitative estimate of drug-likeness (QED) is 0.496. The molecular formula is C19H30Cl2NO3P. The highest BCUT2D eigenvalue weighted by molar-refractivity contribution is 7.58. The number of hydrogen-bond acceptors (Lipinski definition) is 3. The van der Waals surface area contributed by atoms with Gasteiger partial charge in [0.15, 0.2) is 0 Å². The third-order valence-electron chi connectivity index (χ3n) is 5.11. The summed E-state index contributed by atoms with van der Waals surface area (Å²) < 4.78 is 12.4. The molecule has 2 rings (SSSR count). The van der Waals surface area contributed by atoms with Crippen LogP contribution in [0.25, 0.3) is 0 Å². The summed E-state index contributed by atoms with van der Waals surface area (Å²) >= 11 is 12.0. The first-order chi connectivity index (χ1) is 12.3. The Morgan fingerprint density at radius 3 is 2.54 bits per heavy atom. The zero-order valence-electron chi connectivity index (χ0n) is 15.3. The molecule has 0 amide bonds. The summed E-state index contributed by atoms with van der Waals surface area (Å²) in [4.78, 5) is 10.2. The molecule has 1 aliphatic rings. The molecule has 1 aromatic rings. The van der Waals surface area contributed by atoms with Gasteiger partial charge in [0.2, 0.25) is 7.37 Å². The second-order valence-electron chi connectivity index (χ2n) is 7.60. The van der Waals surface area contributed by atoms with Gasteiger partial charge in [-0.25, -0.2) is 0 Å². The van der Waals surface area contributed by atoms with Gasteiger partial charge in [-0.3, -0.25) is 4.57 Å². The van der Waals surface area contributed by atoms with Gasteiger partial charge < -0.3 is 15.3 Å². The summed E-state index contributed by atoms with van der Waals surface area (Å²) in [5.41, 5.74) is 1.06. The monoisotopic (exact) mass is 421 g/mol. The maximum Gasteiger partial charge on any atom is 0.203 e. The minimum Gasteiger partial charge on any atom is -0.391 e. The zero-order valence-corrected chi connectivity index (χ0v) is 17.7. The van der Waals surface area contributed by atoms with Gasteiger partial charge in [0, 0.05) is 19.3 Å². The number of rotatable bonds is 9. The van der Waals surface area contributed by atoms with E-state index in [-0.39, 0.29) is 12.1 Å². The Balaban J connectivity index is 1.72. The SMILES string of the molecule is CC(CNC[C@@H](O)CP(=O)(O)CC1CCCCC1)c1ccc(Cl)c(Cl)c1. The molecule has 0 heterocycles. The standard InChI is InChI=1S/C19H30Cl2NO3P/c1-14(16-7-8-18(20)19(21)9-16)10-22-11-17(23)13-26(24,25)12-15-5-3-2-4-6-15/h7-9,14-15,17,22-23H,2-6,10-13H2,1H3,(H,24,25)/t14?,17-/m1/s1. The van der Waals surface area contributed by atoms with Crippen molar-refractivity contribution in [1.82, 2.24) is 5.32 Å². The highest BCUT2D eigenvalue weighted by Gasteiger charge is 2.28. The van der Waals surface area contributed by atoms with Gasteiger partial charge in [0.25, 0.3) is 0 Å². The summed E-state index contributed by atoms with van der Waals surface area (Å²) in [6, 6.07) is 5.56. The molecule has 7 heteroatoms. The van der Waals surface area contributed by atoms with Crippen LogP contribution < -0.4 is 5.32 Å². The Kier molecular flexibility index (Phi) is 8.93. The summed E-state index contributed by atoms with van der Waals surface area (Å²) in [6.45, 7) is 3.01. The van der Waals surface area contributed by atoms with Crippen LogP contribution in [-0.4, -0.2) is 41.5 Å². The first-order valence-corrected chi connectivity index (χ1v) is 12.2. The molecule has 3 N–H and O–H groups in total. The summed E-state index contributed by atoms with van der Waals surface area (Å²) in [5, 5.41) is 14.4. The van der Waals surface area contributed by atoms with Crippen LogP contribution in [0.2, 0.25) is 10.0 Å². The van der Waals surface area contributed by atoms with Crippen LogP contribution in [0.4, 0.5) is 0 Å². The summed E-state index contributed by atoms with van der Waals surface area (Å²) in [6.07, 6.45) is 5.13. The van der Waals surface area contributed by atoms with Gasteiger partial charge >= 0.3 is 0 Å². The molecule has 1 saturated carbocycles. The van der Waals surface area contributed by atoms with Crippen LogP contribution in [0.3, 0.4) is 0 Å². The van der Waals surface area contributed by atoms with E-state index in [4.69, 9.17) is 23.2 Å². The summed E-state index contributed by atoms with van der Waals surface area (Å²) in [7, 11) is -3.27. The minimum atomic E-state index is -3.27. The molecule has 2 unspecified atom stereocenters. The maximum atomic E-state index is 12.4. The molecule has 0 spiro atoms. The van der Waals surface area contributed by atoms with Crippen molar-refractivity contribution in [2.75, 3.05) is 25.4 Å². The van der Waals surface area contributed by atoms with E-state index in [0.717, 1.165) is 31.2 Å². The van der Waals surface area contributed by atoms with Crippen LogP contribution in [0.15, 0.2) is 18.2 Å². The second-order valence-corrected chi connectivity index (χ2v) is 10.8. The zero-order chi connectivity index (χ0) is 19.2. The van der Waals surface area contributed by atoms with Gasteiger partial charge in [0.1, 0.15) is 0 Å². The average molecular weight is 422 g/mol. The fraction of sp³-hybridized carbons (Fsp3) is 0.684. The fourth-order valence-corrected chi connectivity index (χ4v) is 6.06. The molecule has 1 fully saturated rings. The van der Waals surface area contributed by atoms with Crippen LogP contribution in [0.5, 0.6) is 0 Å². The topological polar surface area (TPSA) is 69.6 Å². The first-order valence-electron chi connectivity index (χ1n) is 9.41. The van der Waals surface area contributed by atoms with E-state index in [0.29, 0.717) is 35.2 Å². The lowest BCUT2D eigenvalue weighted by Crippen LogP contribution is -2.32. The van der Waals surface area contributed by atoms with Gasteiger partial charge in [-0.05, 0) is 42.4 Å². The van der Waals surface area contributed by atoms with Crippen LogP contribution in [-0.2, 0) is 4.57 Å². The van der Waals surface area contributed by atoms with Crippen LogP contribution in [0, 0.1) is 5.92 Å². The first kappa shape index (κ1) is 22.2. The summed E-state index contributed by atoms with van der Waals surface area (Å²) in [5.74, 6) is 0.537. The number of nitrogens with one attached hydrogen (secondary N) is 1. The maximum absolute atomic E-state index is 12.4. The predicted molar refractivity (Wildman–Crippen MR) is 110 cm³/mol. The molecule has 0 aliphatic heterocycles. The van der Waals surface area contributed by atoms with Crippen molar-refractivity contribution in [3.63, 3.8) is 0 Å². The van der Waals surface area contributed by atoms with E-state index >= 15 is 0 Å². The van der Waals surface area contributed by atoms with E-state index in [1.165, 1.54) is 6.42 Å². The lowest BCUT2D eigenvalue weighted by molar-refractivity contribution is 0.189. The Hall–Kier alpha value is -0.0900. The third kappa shape index (κ3) is 7.50. The minimum absolute atomic E-state index is 0.0301. The largest absolute Gasteiger partial charge is 0.391 e. The molecule has 1 aromatic carbocycles. The molecule has 4 nitrogen and oxygen atoms in total. The molecule has 26 heavy (non-hydrogen) atoms. The van der Waals surface area contributed by atoms with Gasteiger partial charge in [-0.15, -0.1) is 0 Å². The van der Waals surface area contributed by atoms with Crippen molar-refractivity contribution in [1.29, 1.82) is 0 Å². The van der Waals surface area contributed by atoms with E-state index in [1.807, 2.05) is 12.1 Å². The van der Waals surface area contributed by atoms with Crippen molar-refractivity contribution < 1.29 is 14.6 Å². The Bertz CT molecular complexity index is 623. The van der Waals surface area contributed by atoms with Crippen molar-refractivity contribution in [3.8, 4) is 0 Å². The Morgan fingerprint density at radius 1 is 1.19 bits per heavy atom. The smallest absolute Gasteiger partial charge is 0.203 e. The molecule has 148 valence electrons. The Labute approximate surface area is 166 Å². The van der Waals surface area contributed by atoms with Gasteiger partial charge in [0.05, 0.1) is 22.3 Å². The van der Waals surface area contributed by atoms with E-state index in [2.05, 4.69) is 12.2 Å². The molecule has 0 radical (unpaired) electrons. The number of aliphatic hydroxyl groups excluding tert-OH is 1. The number of hydrogen-bond donors (Lipinski definition) is 3. The highest BCUT2D eigenvalue weighted by Crippen LogP contribution is 2.45. The Morgan fingerprint density at radius 2 is 1.88 bits per heavy atom. The number of aliphatic hydroxyl groups is 1. The molecular weight excluding hydrogens is 392 g/mol. The third-order valence-corrected chi connectivity index (χ3v) is 7.93. The predicted octanol–water partition coefficient (Wildman–Crippen LogP) is 4.90. The molecule has 1 aliphatic carbocycles. The second kappa shape index (κ2) is 10.5. The van der Waals surface area contributed by atoms with Crippen molar-refractivity contribution in [2.45, 2.75) is 51.0 Å². The molecule has 0 bridgehead atoms. The van der Waals surface area contributed by atoms with Gasteiger partial charge in [-0.1, -0.05) is 55.5 Å². The lowest BCUT2D eigenvalue weighted by Gasteiger charge is -2.25. The van der Waals surface area contributed by atoms with Gasteiger partial charge in [-0.2, -0.15) is 0 Å². The van der Waals surface area contributed by atoms with E-state index < -0.39 is 13.5 Å². The number of halogens is 2. The van der Waals surface area contributed by atoms with Crippen molar-refractivity contribution in [3.05, 3.63) is 33.8 Å². The fourth-order valence-electron chi connectivity index (χ4n) is 3.64. The van der Waals surface area contributed by atoms with Crippen molar-refractivity contribution in [2.24, 2.45) is 5.92 Å². The highest BCUT2D eigenvalue weighted by atomic mass is 35.5. The molecule has 3 atom stereocenters. The van der Waals surface area contributed by atoms with Crippen molar-refractivity contribution >= 4 is 30.6 Å². The molecule has 0 aromatic heterocycles. The normalized spacial score (nSPS) is 20.5. The number of benzene rings is 1. The van der Waals surface area contributed by atoms with E-state index in [1.54, 1.807) is 6.07 Å². The van der Waals surface area contributed by atoms with Crippen LogP contribution >= 0.6 is 30.6 Å². The molecule has 0 saturated heterocycles. The average Bonchev–Trinajstić information content (AvgIpc) is 2.57. The lowest BCUT2D eigenvalue weighted by atomic mass is 9.91. The van der Waals surface area contributed by atoms with E-state index in [9.17, 15) is 14.6 Å². The van der Waals surface area contributed by atoms with Crippen LogP contribution in [0.1, 0.15) is 50.5 Å².